The van der Waals surface area contributed by atoms with Crippen molar-refractivity contribution in [3.05, 3.63) is 0 Å². The molecule has 16 heavy (non-hydrogen) atoms. The van der Waals surface area contributed by atoms with Crippen molar-refractivity contribution in [1.29, 1.82) is 0 Å². The zero-order chi connectivity index (χ0) is 11.7. The third-order valence-electron chi connectivity index (χ3n) is 3.61. The molecule has 1 heterocycles. The minimum atomic E-state index is -1.12. The zero-order valence-electron chi connectivity index (χ0n) is 9.13. The molecule has 1 unspecified atom stereocenters. The molecule has 2 aliphatic rings. The lowest BCUT2D eigenvalue weighted by molar-refractivity contribution is -0.161. The van der Waals surface area contributed by atoms with Crippen molar-refractivity contribution in [3.63, 3.8) is 0 Å². The molecule has 0 radical (unpaired) electrons. The second kappa shape index (κ2) is 4.51. The first-order valence-electron chi connectivity index (χ1n) is 5.75. The number of piperidine rings is 1. The predicted molar refractivity (Wildman–Crippen MR) is 55.3 cm³/mol. The summed E-state index contributed by atoms with van der Waals surface area (Å²) in [6.07, 6.45) is 1.57. The number of ketones is 1. The number of Topliss-reactive ketones (excluding diaryl/α,β-unsaturated/α-hetero) is 1. The number of hydrogen-bond acceptors (Lipinski definition) is 4. The summed E-state index contributed by atoms with van der Waals surface area (Å²) in [5, 5.41) is 18.6. The molecule has 1 amide bonds. The number of hydrogen-bond donors (Lipinski definition) is 2. The third kappa shape index (κ3) is 1.97. The Bertz CT molecular complexity index is 304. The van der Waals surface area contributed by atoms with E-state index in [4.69, 9.17) is 5.11 Å². The van der Waals surface area contributed by atoms with Gasteiger partial charge in [0.15, 0.2) is 6.23 Å². The molecule has 1 saturated carbocycles. The van der Waals surface area contributed by atoms with E-state index >= 15 is 0 Å². The number of carbonyl (C=O) groups is 2. The van der Waals surface area contributed by atoms with Gasteiger partial charge < -0.3 is 15.1 Å². The Morgan fingerprint density at radius 2 is 2.06 bits per heavy atom. The number of aliphatic hydroxyl groups is 2. The van der Waals surface area contributed by atoms with Crippen molar-refractivity contribution in [2.24, 2.45) is 5.92 Å². The van der Waals surface area contributed by atoms with Gasteiger partial charge >= 0.3 is 0 Å². The summed E-state index contributed by atoms with van der Waals surface area (Å²) in [6, 6.07) is -0.0684. The quantitative estimate of drug-likeness (QED) is 0.676. The van der Waals surface area contributed by atoms with Crippen LogP contribution in [0.5, 0.6) is 0 Å². The van der Waals surface area contributed by atoms with Crippen molar-refractivity contribution < 1.29 is 19.8 Å². The molecule has 0 aromatic heterocycles. The van der Waals surface area contributed by atoms with Crippen molar-refractivity contribution >= 4 is 11.7 Å². The first-order chi connectivity index (χ1) is 7.63. The molecule has 0 spiro atoms. The summed E-state index contributed by atoms with van der Waals surface area (Å²) in [7, 11) is 0. The highest BCUT2D eigenvalue weighted by Gasteiger charge is 2.41. The van der Waals surface area contributed by atoms with Gasteiger partial charge in [0.05, 0.1) is 6.61 Å². The molecule has 0 bridgehead atoms. The molecule has 5 nitrogen and oxygen atoms in total. The molecule has 1 aliphatic heterocycles. The normalized spacial score (nSPS) is 32.5. The molecule has 5 heteroatoms. The van der Waals surface area contributed by atoms with Gasteiger partial charge in [-0.3, -0.25) is 9.59 Å². The van der Waals surface area contributed by atoms with Crippen LogP contribution in [0.1, 0.15) is 32.1 Å². The van der Waals surface area contributed by atoms with E-state index in [1.807, 2.05) is 0 Å². The Morgan fingerprint density at radius 1 is 1.31 bits per heavy atom. The molecule has 2 rings (SSSR count). The monoisotopic (exact) mass is 227 g/mol. The van der Waals surface area contributed by atoms with E-state index < -0.39 is 12.8 Å². The number of aliphatic hydroxyl groups excluding tert-OH is 2. The fourth-order valence-electron chi connectivity index (χ4n) is 2.83. The first kappa shape index (κ1) is 11.5. The molecule has 0 aromatic rings. The lowest BCUT2D eigenvalue weighted by Crippen LogP contribution is -2.56. The molecule has 2 fully saturated rings. The highest BCUT2D eigenvalue weighted by Crippen LogP contribution is 2.35. The molecule has 90 valence electrons. The molecule has 1 aliphatic carbocycles. The fourth-order valence-corrected chi connectivity index (χ4v) is 2.83. The topological polar surface area (TPSA) is 77.8 Å². The van der Waals surface area contributed by atoms with Crippen molar-refractivity contribution in [3.8, 4) is 0 Å². The van der Waals surface area contributed by atoms with Gasteiger partial charge in [0.1, 0.15) is 5.78 Å². The average Bonchev–Trinajstić information content (AvgIpc) is 2.28. The standard InChI is InChI=1S/C11H17NO4/c13-6-11(16)12-9-3-2-8(14)5-7(9)1-4-10(12)15/h7,9,11,13,16H,1-6H2/t7-,9-,11?/m0/s1. The van der Waals surface area contributed by atoms with Crippen LogP contribution >= 0.6 is 0 Å². The Kier molecular flexibility index (Phi) is 3.25. The van der Waals surface area contributed by atoms with Gasteiger partial charge in [0.2, 0.25) is 5.91 Å². The lowest BCUT2D eigenvalue weighted by atomic mass is 9.77. The van der Waals surface area contributed by atoms with Gasteiger partial charge in [-0.2, -0.15) is 0 Å². The van der Waals surface area contributed by atoms with Crippen LogP contribution in [0.15, 0.2) is 0 Å². The van der Waals surface area contributed by atoms with Crippen LogP contribution in [0.4, 0.5) is 0 Å². The average molecular weight is 227 g/mol. The van der Waals surface area contributed by atoms with E-state index in [1.54, 1.807) is 0 Å². The maximum Gasteiger partial charge on any atom is 0.224 e. The summed E-state index contributed by atoms with van der Waals surface area (Å²) >= 11 is 0. The summed E-state index contributed by atoms with van der Waals surface area (Å²) in [6.45, 7) is -0.442. The number of fused-ring (bicyclic) bond motifs is 1. The lowest BCUT2D eigenvalue weighted by Gasteiger charge is -2.45. The number of carbonyl (C=O) groups excluding carboxylic acids is 2. The zero-order valence-corrected chi connectivity index (χ0v) is 9.13. The van der Waals surface area contributed by atoms with Gasteiger partial charge in [-0.05, 0) is 18.8 Å². The highest BCUT2D eigenvalue weighted by atomic mass is 16.3. The second-order valence-corrected chi connectivity index (χ2v) is 4.61. The van der Waals surface area contributed by atoms with Crippen molar-refractivity contribution in [1.82, 2.24) is 4.90 Å². The van der Waals surface area contributed by atoms with Crippen LogP contribution in [-0.4, -0.2) is 45.7 Å². The maximum absolute atomic E-state index is 11.7. The van der Waals surface area contributed by atoms with Crippen LogP contribution in [0.25, 0.3) is 0 Å². The van der Waals surface area contributed by atoms with Crippen LogP contribution in [0.3, 0.4) is 0 Å². The SMILES string of the molecule is O=C1CC[C@H]2[C@@H](CCC(=O)N2C(O)CO)C1. The van der Waals surface area contributed by atoms with Gasteiger partial charge in [-0.25, -0.2) is 0 Å². The highest BCUT2D eigenvalue weighted by molar-refractivity contribution is 5.82. The summed E-state index contributed by atoms with van der Waals surface area (Å²) in [4.78, 5) is 24.4. The molecular formula is C11H17NO4. The minimum Gasteiger partial charge on any atom is -0.392 e. The van der Waals surface area contributed by atoms with Gasteiger partial charge in [0.25, 0.3) is 0 Å². The minimum absolute atomic E-state index is 0.0684. The molecular weight excluding hydrogens is 210 g/mol. The molecule has 2 N–H and O–H groups in total. The maximum atomic E-state index is 11.7. The summed E-state index contributed by atoms with van der Waals surface area (Å²) in [5.41, 5.74) is 0. The second-order valence-electron chi connectivity index (χ2n) is 4.61. The predicted octanol–water partition coefficient (Wildman–Crippen LogP) is -0.343. The Balaban J connectivity index is 2.15. The number of amides is 1. The number of likely N-dealkylation sites (tertiary alicyclic amines) is 1. The van der Waals surface area contributed by atoms with Crippen LogP contribution < -0.4 is 0 Å². The van der Waals surface area contributed by atoms with E-state index in [1.165, 1.54) is 4.90 Å². The van der Waals surface area contributed by atoms with Gasteiger partial charge in [-0.1, -0.05) is 0 Å². The van der Waals surface area contributed by atoms with E-state index in [0.717, 1.165) is 6.42 Å². The summed E-state index contributed by atoms with van der Waals surface area (Å²) in [5.74, 6) is 0.298. The van der Waals surface area contributed by atoms with E-state index in [2.05, 4.69) is 0 Å². The number of rotatable bonds is 2. The van der Waals surface area contributed by atoms with Crippen LogP contribution in [-0.2, 0) is 9.59 Å². The smallest absolute Gasteiger partial charge is 0.224 e. The Hall–Kier alpha value is -0.940. The van der Waals surface area contributed by atoms with E-state index in [-0.39, 0.29) is 23.7 Å². The molecule has 0 aromatic carbocycles. The van der Waals surface area contributed by atoms with E-state index in [9.17, 15) is 14.7 Å². The number of nitrogens with zero attached hydrogens (tertiary/aromatic N) is 1. The first-order valence-corrected chi connectivity index (χ1v) is 5.75. The van der Waals surface area contributed by atoms with Gasteiger partial charge in [-0.15, -0.1) is 0 Å². The third-order valence-corrected chi connectivity index (χ3v) is 3.61. The molecule has 1 saturated heterocycles. The Labute approximate surface area is 94.0 Å². The van der Waals surface area contributed by atoms with E-state index in [0.29, 0.717) is 25.7 Å². The molecule has 3 atom stereocenters. The van der Waals surface area contributed by atoms with Crippen LogP contribution in [0.2, 0.25) is 0 Å². The Morgan fingerprint density at radius 3 is 2.75 bits per heavy atom. The van der Waals surface area contributed by atoms with Crippen molar-refractivity contribution in [2.75, 3.05) is 6.61 Å². The largest absolute Gasteiger partial charge is 0.392 e. The fraction of sp³-hybridized carbons (Fsp3) is 0.818. The summed E-state index contributed by atoms with van der Waals surface area (Å²) < 4.78 is 0. The van der Waals surface area contributed by atoms with Gasteiger partial charge in [0, 0.05) is 25.3 Å². The van der Waals surface area contributed by atoms with Crippen LogP contribution in [0, 0.1) is 5.92 Å². The van der Waals surface area contributed by atoms with Crippen molar-refractivity contribution in [2.45, 2.75) is 44.4 Å².